The number of hydrogen-bond acceptors (Lipinski definition) is 5. The summed E-state index contributed by atoms with van der Waals surface area (Å²) < 4.78 is 32.8. The number of sulfonamides is 1. The van der Waals surface area contributed by atoms with Crippen LogP contribution in [0.15, 0.2) is 28.5 Å². The lowest BCUT2D eigenvalue weighted by Crippen LogP contribution is -2.12. The van der Waals surface area contributed by atoms with Gasteiger partial charge in [-0.05, 0) is 49.2 Å². The number of benzene rings is 1. The third kappa shape index (κ3) is 3.37. The molecule has 0 aliphatic heterocycles. The molecule has 0 amide bonds. The number of aryl methyl sites for hydroxylation is 2. The molecule has 1 aromatic carbocycles. The number of hydrogen-bond donors (Lipinski definition) is 2. The molecule has 0 saturated carbocycles. The Morgan fingerprint density at radius 1 is 1.24 bits per heavy atom. The van der Waals surface area contributed by atoms with Crippen molar-refractivity contribution in [3.8, 4) is 5.75 Å². The van der Waals surface area contributed by atoms with Crippen LogP contribution in [-0.2, 0) is 16.6 Å². The fourth-order valence-corrected chi connectivity index (χ4v) is 4.49. The van der Waals surface area contributed by atoms with Crippen LogP contribution in [-0.4, -0.2) is 15.5 Å². The van der Waals surface area contributed by atoms with Gasteiger partial charge in [0.2, 0.25) is 0 Å². The van der Waals surface area contributed by atoms with Crippen LogP contribution in [0.2, 0.25) is 0 Å². The highest BCUT2D eigenvalue weighted by Crippen LogP contribution is 2.29. The molecule has 1 aromatic heterocycles. The van der Waals surface area contributed by atoms with Gasteiger partial charge in [0.15, 0.2) is 0 Å². The van der Waals surface area contributed by atoms with Gasteiger partial charge in [-0.1, -0.05) is 0 Å². The molecule has 2 aromatic rings. The van der Waals surface area contributed by atoms with E-state index in [1.54, 1.807) is 31.4 Å². The molecule has 0 bridgehead atoms. The van der Waals surface area contributed by atoms with Crippen LogP contribution in [0.5, 0.6) is 5.75 Å². The SMILES string of the molecule is COc1ccc(NS(=O)(=O)c2cc(C)c(CN)s2)c(C)c1. The minimum atomic E-state index is -3.60. The van der Waals surface area contributed by atoms with E-state index in [4.69, 9.17) is 10.5 Å². The average molecular weight is 326 g/mol. The number of nitrogens with two attached hydrogens (primary N) is 1. The second-order valence-electron chi connectivity index (χ2n) is 4.66. The first-order valence-corrected chi connectivity index (χ1v) is 8.64. The van der Waals surface area contributed by atoms with Gasteiger partial charge in [-0.3, -0.25) is 4.72 Å². The van der Waals surface area contributed by atoms with Gasteiger partial charge in [0.25, 0.3) is 10.0 Å². The molecular weight excluding hydrogens is 308 g/mol. The monoisotopic (exact) mass is 326 g/mol. The normalized spacial score (nSPS) is 11.4. The number of rotatable bonds is 5. The minimum absolute atomic E-state index is 0.274. The van der Waals surface area contributed by atoms with Crippen LogP contribution >= 0.6 is 11.3 Å². The summed E-state index contributed by atoms with van der Waals surface area (Å²) in [6.07, 6.45) is 0. The number of ether oxygens (including phenoxy) is 1. The fraction of sp³-hybridized carbons (Fsp3) is 0.286. The Kier molecular flexibility index (Phi) is 4.55. The van der Waals surface area contributed by atoms with Gasteiger partial charge in [0, 0.05) is 11.4 Å². The second kappa shape index (κ2) is 6.05. The first-order chi connectivity index (χ1) is 9.87. The van der Waals surface area contributed by atoms with Crippen LogP contribution < -0.4 is 15.2 Å². The van der Waals surface area contributed by atoms with Crippen LogP contribution in [0.4, 0.5) is 5.69 Å². The average Bonchev–Trinajstić information content (AvgIpc) is 2.83. The highest BCUT2D eigenvalue weighted by atomic mass is 32.2. The summed E-state index contributed by atoms with van der Waals surface area (Å²) in [6, 6.07) is 6.84. The Morgan fingerprint density at radius 2 is 1.95 bits per heavy atom. The Hall–Kier alpha value is -1.57. The molecule has 0 spiro atoms. The molecule has 3 N–H and O–H groups in total. The highest BCUT2D eigenvalue weighted by Gasteiger charge is 2.19. The number of methoxy groups -OCH3 is 1. The Balaban J connectivity index is 2.32. The van der Waals surface area contributed by atoms with E-state index in [0.717, 1.165) is 16.0 Å². The van der Waals surface area contributed by atoms with Crippen molar-refractivity contribution in [3.63, 3.8) is 0 Å². The zero-order valence-corrected chi connectivity index (χ0v) is 13.8. The molecule has 21 heavy (non-hydrogen) atoms. The lowest BCUT2D eigenvalue weighted by Gasteiger charge is -2.10. The fourth-order valence-electron chi connectivity index (χ4n) is 1.90. The van der Waals surface area contributed by atoms with Gasteiger partial charge in [-0.15, -0.1) is 11.3 Å². The molecule has 0 saturated heterocycles. The quantitative estimate of drug-likeness (QED) is 0.885. The zero-order valence-electron chi connectivity index (χ0n) is 12.1. The molecule has 2 rings (SSSR count). The van der Waals surface area contributed by atoms with Gasteiger partial charge in [-0.2, -0.15) is 0 Å². The van der Waals surface area contributed by atoms with Crippen molar-refractivity contribution in [3.05, 3.63) is 40.3 Å². The maximum absolute atomic E-state index is 12.4. The Morgan fingerprint density at radius 3 is 2.48 bits per heavy atom. The van der Waals surface area contributed by atoms with Crippen molar-refractivity contribution in [2.45, 2.75) is 24.6 Å². The molecule has 7 heteroatoms. The van der Waals surface area contributed by atoms with Gasteiger partial charge >= 0.3 is 0 Å². The number of thiophene rings is 1. The number of anilines is 1. The standard InChI is InChI=1S/C14H18N2O3S2/c1-9-6-11(19-3)4-5-12(9)16-21(17,18)14-7-10(2)13(8-15)20-14/h4-7,16H,8,15H2,1-3H3. The summed E-state index contributed by atoms with van der Waals surface area (Å²) in [5.41, 5.74) is 7.83. The van der Waals surface area contributed by atoms with Gasteiger partial charge < -0.3 is 10.5 Å². The van der Waals surface area contributed by atoms with Crippen LogP contribution in [0.1, 0.15) is 16.0 Å². The van der Waals surface area contributed by atoms with E-state index in [0.29, 0.717) is 18.0 Å². The topological polar surface area (TPSA) is 81.4 Å². The summed E-state index contributed by atoms with van der Waals surface area (Å²) in [5, 5.41) is 0. The molecule has 0 aliphatic carbocycles. The van der Waals surface area contributed by atoms with Crippen molar-refractivity contribution in [2.24, 2.45) is 5.73 Å². The van der Waals surface area contributed by atoms with E-state index in [1.807, 2.05) is 13.8 Å². The maximum atomic E-state index is 12.4. The van der Waals surface area contributed by atoms with Gasteiger partial charge in [-0.25, -0.2) is 8.42 Å². The highest BCUT2D eigenvalue weighted by molar-refractivity contribution is 7.94. The van der Waals surface area contributed by atoms with E-state index < -0.39 is 10.0 Å². The summed E-state index contributed by atoms with van der Waals surface area (Å²) >= 11 is 1.20. The smallest absolute Gasteiger partial charge is 0.271 e. The van der Waals surface area contributed by atoms with E-state index in [2.05, 4.69) is 4.72 Å². The van der Waals surface area contributed by atoms with E-state index in [9.17, 15) is 8.42 Å². The molecule has 5 nitrogen and oxygen atoms in total. The van der Waals surface area contributed by atoms with Crippen molar-refractivity contribution < 1.29 is 13.2 Å². The third-order valence-electron chi connectivity index (χ3n) is 3.13. The first kappa shape index (κ1) is 15.8. The molecule has 0 atom stereocenters. The Bertz CT molecular complexity index is 752. The zero-order chi connectivity index (χ0) is 15.6. The molecule has 0 aliphatic rings. The van der Waals surface area contributed by atoms with E-state index in [-0.39, 0.29) is 4.21 Å². The van der Waals surface area contributed by atoms with Crippen LogP contribution in [0.3, 0.4) is 0 Å². The molecule has 0 radical (unpaired) electrons. The summed E-state index contributed by atoms with van der Waals surface area (Å²) in [4.78, 5) is 0.877. The molecule has 0 fully saturated rings. The summed E-state index contributed by atoms with van der Waals surface area (Å²) in [6.45, 7) is 4.02. The largest absolute Gasteiger partial charge is 0.497 e. The predicted octanol–water partition coefficient (Wildman–Crippen LogP) is 2.63. The van der Waals surface area contributed by atoms with Crippen molar-refractivity contribution in [2.75, 3.05) is 11.8 Å². The lowest BCUT2D eigenvalue weighted by molar-refractivity contribution is 0.414. The molecule has 1 heterocycles. The lowest BCUT2D eigenvalue weighted by atomic mass is 10.2. The molecule has 0 unspecified atom stereocenters. The number of nitrogens with one attached hydrogen (secondary N) is 1. The predicted molar refractivity (Wildman–Crippen MR) is 85.5 cm³/mol. The van der Waals surface area contributed by atoms with Crippen LogP contribution in [0, 0.1) is 13.8 Å². The minimum Gasteiger partial charge on any atom is -0.497 e. The van der Waals surface area contributed by atoms with Gasteiger partial charge in [0.1, 0.15) is 9.96 Å². The van der Waals surface area contributed by atoms with Crippen molar-refractivity contribution >= 4 is 27.0 Å². The van der Waals surface area contributed by atoms with Crippen molar-refractivity contribution in [1.29, 1.82) is 0 Å². The second-order valence-corrected chi connectivity index (χ2v) is 7.71. The van der Waals surface area contributed by atoms with Crippen LogP contribution in [0.25, 0.3) is 0 Å². The summed E-state index contributed by atoms with van der Waals surface area (Å²) in [7, 11) is -2.02. The third-order valence-corrected chi connectivity index (χ3v) is 6.22. The first-order valence-electron chi connectivity index (χ1n) is 6.34. The molecular formula is C14H18N2O3S2. The molecule has 114 valence electrons. The van der Waals surface area contributed by atoms with Crippen molar-refractivity contribution in [1.82, 2.24) is 0 Å². The van der Waals surface area contributed by atoms with E-state index >= 15 is 0 Å². The van der Waals surface area contributed by atoms with E-state index in [1.165, 1.54) is 11.3 Å². The maximum Gasteiger partial charge on any atom is 0.271 e. The summed E-state index contributed by atoms with van der Waals surface area (Å²) in [5.74, 6) is 0.688. The Labute approximate surface area is 128 Å². The van der Waals surface area contributed by atoms with Gasteiger partial charge in [0.05, 0.1) is 12.8 Å².